The molecule has 2 aromatic rings. The molecular formula is C24H31NO3. The fourth-order valence-electron chi connectivity index (χ4n) is 4.91. The zero-order valence-electron chi connectivity index (χ0n) is 16.8. The number of ether oxygens (including phenoxy) is 2. The molecule has 0 bridgehead atoms. The van der Waals surface area contributed by atoms with E-state index in [1.54, 1.807) is 0 Å². The molecule has 1 heterocycles. The van der Waals surface area contributed by atoms with Gasteiger partial charge in [0.05, 0.1) is 12.7 Å². The highest BCUT2D eigenvalue weighted by Gasteiger charge is 2.36. The smallest absolute Gasteiger partial charge is 0.302 e. The predicted octanol–water partition coefficient (Wildman–Crippen LogP) is 4.35. The number of rotatable bonds is 6. The Hall–Kier alpha value is -1.91. The second kappa shape index (κ2) is 9.06. The fourth-order valence-corrected chi connectivity index (χ4v) is 4.91. The van der Waals surface area contributed by atoms with E-state index in [1.165, 1.54) is 42.5 Å². The predicted molar refractivity (Wildman–Crippen MR) is 111 cm³/mol. The summed E-state index contributed by atoms with van der Waals surface area (Å²) in [4.78, 5) is 13.7. The maximum absolute atomic E-state index is 11.3. The minimum atomic E-state index is -0.168. The van der Waals surface area contributed by atoms with Crippen LogP contribution in [0.5, 0.6) is 0 Å². The van der Waals surface area contributed by atoms with E-state index in [4.69, 9.17) is 9.47 Å². The summed E-state index contributed by atoms with van der Waals surface area (Å²) in [7, 11) is 0. The highest BCUT2D eigenvalue weighted by atomic mass is 16.5. The molecule has 1 unspecified atom stereocenters. The molecule has 1 saturated heterocycles. The molecule has 0 radical (unpaired) electrons. The maximum atomic E-state index is 11.3. The van der Waals surface area contributed by atoms with E-state index in [2.05, 4.69) is 47.4 Å². The molecule has 1 aliphatic heterocycles. The number of hydrogen-bond acceptors (Lipinski definition) is 4. The normalized spacial score (nSPS) is 25.8. The first-order valence-corrected chi connectivity index (χ1v) is 10.7. The summed E-state index contributed by atoms with van der Waals surface area (Å²) in [6, 6.07) is 15.6. The average Bonchev–Trinajstić information content (AvgIpc) is 3.16. The van der Waals surface area contributed by atoms with Crippen LogP contribution in [-0.4, -0.2) is 48.8 Å². The lowest BCUT2D eigenvalue weighted by Gasteiger charge is -2.37. The van der Waals surface area contributed by atoms with E-state index in [0.29, 0.717) is 12.1 Å². The van der Waals surface area contributed by atoms with Gasteiger partial charge in [-0.1, -0.05) is 55.3 Å². The van der Waals surface area contributed by atoms with Crippen LogP contribution >= 0.6 is 0 Å². The quantitative estimate of drug-likeness (QED) is 0.698. The highest BCUT2D eigenvalue weighted by molar-refractivity contribution is 5.85. The highest BCUT2D eigenvalue weighted by Crippen LogP contribution is 2.29. The molecule has 2 fully saturated rings. The van der Waals surface area contributed by atoms with Gasteiger partial charge in [0.15, 0.2) is 0 Å². The zero-order chi connectivity index (χ0) is 19.3. The molecule has 0 spiro atoms. The second-order valence-corrected chi connectivity index (χ2v) is 8.16. The van der Waals surface area contributed by atoms with E-state index in [-0.39, 0.29) is 12.1 Å². The van der Waals surface area contributed by atoms with Crippen LogP contribution < -0.4 is 0 Å². The number of esters is 1. The van der Waals surface area contributed by atoms with Crippen LogP contribution in [0.25, 0.3) is 10.8 Å². The summed E-state index contributed by atoms with van der Waals surface area (Å²) >= 11 is 0. The zero-order valence-corrected chi connectivity index (χ0v) is 16.8. The van der Waals surface area contributed by atoms with Crippen molar-refractivity contribution in [3.63, 3.8) is 0 Å². The maximum Gasteiger partial charge on any atom is 0.302 e. The van der Waals surface area contributed by atoms with E-state index in [9.17, 15) is 4.79 Å². The Kier molecular flexibility index (Phi) is 6.28. The first-order chi connectivity index (χ1) is 13.7. The van der Waals surface area contributed by atoms with Crippen molar-refractivity contribution in [3.05, 3.63) is 48.0 Å². The summed E-state index contributed by atoms with van der Waals surface area (Å²) in [6.45, 7) is 4.12. The van der Waals surface area contributed by atoms with Crippen molar-refractivity contribution in [3.8, 4) is 0 Å². The Morgan fingerprint density at radius 3 is 2.79 bits per heavy atom. The third-order valence-electron chi connectivity index (χ3n) is 6.23. The Bertz CT molecular complexity index is 800. The summed E-state index contributed by atoms with van der Waals surface area (Å²) < 4.78 is 11.9. The van der Waals surface area contributed by atoms with Crippen LogP contribution in [0.3, 0.4) is 0 Å². The molecule has 0 aromatic heterocycles. The summed E-state index contributed by atoms with van der Waals surface area (Å²) in [6.07, 6.45) is 7.06. The molecule has 1 aliphatic carbocycles. The lowest BCUT2D eigenvalue weighted by Crippen LogP contribution is -2.46. The molecule has 0 amide bonds. The molecule has 4 heteroatoms. The molecule has 2 aromatic carbocycles. The van der Waals surface area contributed by atoms with Gasteiger partial charge < -0.3 is 9.47 Å². The molecule has 1 saturated carbocycles. The number of carbonyl (C=O) groups excluding carboxylic acids is 1. The van der Waals surface area contributed by atoms with Crippen LogP contribution in [0, 0.1) is 0 Å². The minimum absolute atomic E-state index is 0.0516. The fraction of sp³-hybridized carbons (Fsp3) is 0.542. The first-order valence-electron chi connectivity index (χ1n) is 10.7. The SMILES string of the molecule is CC(=O)OC1CCN([C@H]2CCCC[C@@H]2OCCc2cccc3ccccc23)C1. The van der Waals surface area contributed by atoms with E-state index in [0.717, 1.165) is 39.0 Å². The van der Waals surface area contributed by atoms with Gasteiger partial charge in [-0.15, -0.1) is 0 Å². The van der Waals surface area contributed by atoms with E-state index < -0.39 is 0 Å². The van der Waals surface area contributed by atoms with Crippen LogP contribution in [0.4, 0.5) is 0 Å². The second-order valence-electron chi connectivity index (χ2n) is 8.16. The first kappa shape index (κ1) is 19.4. The summed E-state index contributed by atoms with van der Waals surface area (Å²) in [5.41, 5.74) is 1.36. The molecule has 4 rings (SSSR count). The largest absolute Gasteiger partial charge is 0.461 e. The third-order valence-corrected chi connectivity index (χ3v) is 6.23. The van der Waals surface area contributed by atoms with Crippen molar-refractivity contribution in [1.82, 2.24) is 4.90 Å². The van der Waals surface area contributed by atoms with Crippen LogP contribution in [0.2, 0.25) is 0 Å². The van der Waals surface area contributed by atoms with Crippen LogP contribution in [-0.2, 0) is 20.7 Å². The Morgan fingerprint density at radius 1 is 1.07 bits per heavy atom. The van der Waals surface area contributed by atoms with Crippen molar-refractivity contribution in [2.24, 2.45) is 0 Å². The molecule has 150 valence electrons. The van der Waals surface area contributed by atoms with Gasteiger partial charge >= 0.3 is 5.97 Å². The monoisotopic (exact) mass is 381 g/mol. The molecule has 2 aliphatic rings. The van der Waals surface area contributed by atoms with Crippen molar-refractivity contribution in [1.29, 1.82) is 0 Å². The minimum Gasteiger partial charge on any atom is -0.461 e. The van der Waals surface area contributed by atoms with Gasteiger partial charge in [-0.05, 0) is 42.0 Å². The van der Waals surface area contributed by atoms with Crippen molar-refractivity contribution in [2.45, 2.75) is 63.7 Å². The molecule has 4 nitrogen and oxygen atoms in total. The van der Waals surface area contributed by atoms with Crippen LogP contribution in [0.1, 0.15) is 44.6 Å². The molecule has 0 N–H and O–H groups in total. The summed E-state index contributed by atoms with van der Waals surface area (Å²) in [5, 5.41) is 2.63. The van der Waals surface area contributed by atoms with Gasteiger partial charge in [0.2, 0.25) is 0 Å². The number of nitrogens with zero attached hydrogens (tertiary/aromatic N) is 1. The van der Waals surface area contributed by atoms with Gasteiger partial charge in [0.1, 0.15) is 6.10 Å². The number of hydrogen-bond donors (Lipinski definition) is 0. The van der Waals surface area contributed by atoms with Crippen molar-refractivity contribution >= 4 is 16.7 Å². The van der Waals surface area contributed by atoms with Gasteiger partial charge in [0.25, 0.3) is 0 Å². The number of fused-ring (bicyclic) bond motifs is 1. The van der Waals surface area contributed by atoms with E-state index in [1.807, 2.05) is 0 Å². The lowest BCUT2D eigenvalue weighted by molar-refractivity contribution is -0.145. The number of benzene rings is 2. The standard InChI is InChI=1S/C24H31NO3/c1-18(26)28-21-13-15-25(17-21)23-11-4-5-12-24(23)27-16-14-20-9-6-8-19-7-2-3-10-22(19)20/h2-3,6-10,21,23-24H,4-5,11-17H2,1H3/t21?,23-,24-/m0/s1. The molecule has 3 atom stereocenters. The Balaban J connectivity index is 1.34. The van der Waals surface area contributed by atoms with Crippen LogP contribution in [0.15, 0.2) is 42.5 Å². The Morgan fingerprint density at radius 2 is 1.89 bits per heavy atom. The lowest BCUT2D eigenvalue weighted by atomic mass is 9.91. The van der Waals surface area contributed by atoms with E-state index >= 15 is 0 Å². The van der Waals surface area contributed by atoms with Crippen molar-refractivity contribution < 1.29 is 14.3 Å². The third kappa shape index (κ3) is 4.56. The Labute approximate surface area is 167 Å². The number of carbonyl (C=O) groups is 1. The summed E-state index contributed by atoms with van der Waals surface area (Å²) in [5.74, 6) is -0.168. The van der Waals surface area contributed by atoms with Crippen molar-refractivity contribution in [2.75, 3.05) is 19.7 Å². The van der Waals surface area contributed by atoms with Gasteiger partial charge in [-0.25, -0.2) is 0 Å². The average molecular weight is 382 g/mol. The van der Waals surface area contributed by atoms with Gasteiger partial charge in [0, 0.05) is 26.1 Å². The molecule has 28 heavy (non-hydrogen) atoms. The molecular weight excluding hydrogens is 350 g/mol. The van der Waals surface area contributed by atoms with Gasteiger partial charge in [-0.2, -0.15) is 0 Å². The number of likely N-dealkylation sites (tertiary alicyclic amines) is 1. The van der Waals surface area contributed by atoms with Gasteiger partial charge in [-0.3, -0.25) is 9.69 Å². The topological polar surface area (TPSA) is 38.8 Å².